The molecule has 0 aliphatic carbocycles. The predicted molar refractivity (Wildman–Crippen MR) is 167 cm³/mol. The van der Waals surface area contributed by atoms with E-state index in [4.69, 9.17) is 4.42 Å². The summed E-state index contributed by atoms with van der Waals surface area (Å²) in [5.74, 6) is -1.18. The zero-order chi connectivity index (χ0) is 30.6. The van der Waals surface area contributed by atoms with Crippen molar-refractivity contribution < 1.29 is 26.4 Å². The van der Waals surface area contributed by atoms with Crippen LogP contribution in [-0.4, -0.2) is 39.7 Å². The first-order chi connectivity index (χ1) is 20.4. The number of nitrogens with one attached hydrogen (secondary N) is 1. The fraction of sp³-hybridized carbons (Fsp3) is 0.125. The topological polar surface area (TPSA) is 92.5 Å². The number of carbonyl (C=O) groups is 1. The second-order valence-corrected chi connectivity index (χ2v) is 13.2. The lowest BCUT2D eigenvalue weighted by atomic mass is 9.97. The lowest BCUT2D eigenvalue weighted by molar-refractivity contribution is 0.0964. The maximum absolute atomic E-state index is 15.3. The molecule has 0 unspecified atom stereocenters. The molecule has 0 saturated carbocycles. The van der Waals surface area contributed by atoms with Crippen molar-refractivity contribution in [3.05, 3.63) is 95.6 Å². The molecule has 7 nitrogen and oxygen atoms in total. The molecule has 0 bridgehead atoms. The molecule has 1 N–H and O–H groups in total. The van der Waals surface area contributed by atoms with Crippen molar-refractivity contribution in [1.29, 1.82) is 0 Å². The number of rotatable bonds is 6. The van der Waals surface area contributed by atoms with E-state index >= 15 is 4.39 Å². The number of nitrogens with zero attached hydrogens (tertiary/aromatic N) is 2. The summed E-state index contributed by atoms with van der Waals surface area (Å²) in [5, 5.41) is 3.50. The molecule has 2 heterocycles. The van der Waals surface area contributed by atoms with Crippen molar-refractivity contribution in [1.82, 2.24) is 10.3 Å². The third-order valence-corrected chi connectivity index (χ3v) is 9.50. The van der Waals surface area contributed by atoms with Crippen LogP contribution in [0.2, 0.25) is 0 Å². The molecule has 218 valence electrons. The number of hydrogen-bond donors (Lipinski definition) is 1. The molecule has 0 aliphatic rings. The minimum absolute atomic E-state index is 0.197. The van der Waals surface area contributed by atoms with E-state index in [1.165, 1.54) is 61.8 Å². The van der Waals surface area contributed by atoms with Gasteiger partial charge in [-0.3, -0.25) is 9.10 Å². The summed E-state index contributed by atoms with van der Waals surface area (Å²) in [4.78, 5) is 17.8. The highest BCUT2D eigenvalue weighted by Crippen LogP contribution is 2.43. The minimum Gasteiger partial charge on any atom is -0.455 e. The Morgan fingerprint density at radius 3 is 2.37 bits per heavy atom. The molecular formula is C32H25F2N3O4S2. The van der Waals surface area contributed by atoms with Crippen LogP contribution in [0.1, 0.15) is 15.9 Å². The number of aryl methyl sites for hydroxylation is 1. The van der Waals surface area contributed by atoms with Gasteiger partial charge in [-0.15, -0.1) is 11.3 Å². The Bertz CT molecular complexity index is 2170. The maximum Gasteiger partial charge on any atom is 0.255 e. The molecule has 0 aliphatic heterocycles. The second kappa shape index (κ2) is 10.6. The molecule has 0 fully saturated rings. The van der Waals surface area contributed by atoms with Crippen molar-refractivity contribution in [2.45, 2.75) is 6.92 Å². The van der Waals surface area contributed by atoms with Gasteiger partial charge in [0.1, 0.15) is 28.0 Å². The SMILES string of the molecule is CNC(=O)c1c(-c2ccc(F)cc2)oc2cc(N(C)S(C)(=O)=O)c(-c3ccc(F)c(-c4nc5ccc(C)cc5s4)c3)cc12. The van der Waals surface area contributed by atoms with Gasteiger partial charge in [0.15, 0.2) is 0 Å². The van der Waals surface area contributed by atoms with Gasteiger partial charge < -0.3 is 9.73 Å². The van der Waals surface area contributed by atoms with E-state index in [2.05, 4.69) is 10.3 Å². The number of amides is 1. The van der Waals surface area contributed by atoms with Crippen LogP contribution < -0.4 is 9.62 Å². The Kier molecular flexibility index (Phi) is 7.02. The lowest BCUT2D eigenvalue weighted by Gasteiger charge is -2.21. The van der Waals surface area contributed by atoms with Gasteiger partial charge in [-0.1, -0.05) is 12.1 Å². The average molecular weight is 618 g/mol. The number of thiazole rings is 1. The zero-order valence-corrected chi connectivity index (χ0v) is 25.2. The summed E-state index contributed by atoms with van der Waals surface area (Å²) in [6.45, 7) is 1.97. The summed E-state index contributed by atoms with van der Waals surface area (Å²) in [7, 11) is -0.855. The standard InChI is InChI=1S/C32H25F2N3O4S2/c1-17-5-12-25-28(13-17)42-32(36-25)22-14-19(8-11-24(22)34)21-15-23-27(16-26(21)37(3)43(4,39)40)41-30(29(23)31(38)35-2)18-6-9-20(33)10-7-18/h5-16H,1-4H3,(H,35,38). The summed E-state index contributed by atoms with van der Waals surface area (Å²) < 4.78 is 62.6. The van der Waals surface area contributed by atoms with Crippen LogP contribution in [0.3, 0.4) is 0 Å². The molecule has 1 amide bonds. The Morgan fingerprint density at radius 2 is 1.67 bits per heavy atom. The fourth-order valence-corrected chi connectivity index (χ4v) is 6.55. The first-order valence-corrected chi connectivity index (χ1v) is 15.8. The maximum atomic E-state index is 15.3. The molecule has 6 aromatic rings. The Labute approximate surface area is 250 Å². The van der Waals surface area contributed by atoms with Crippen LogP contribution in [0, 0.1) is 18.6 Å². The largest absolute Gasteiger partial charge is 0.455 e. The van der Waals surface area contributed by atoms with Gasteiger partial charge in [0, 0.05) is 42.2 Å². The number of sulfonamides is 1. The number of furan rings is 1. The molecule has 4 aromatic carbocycles. The van der Waals surface area contributed by atoms with Gasteiger partial charge in [-0.25, -0.2) is 22.2 Å². The van der Waals surface area contributed by atoms with E-state index in [0.29, 0.717) is 27.1 Å². The molecule has 0 radical (unpaired) electrons. The normalized spacial score (nSPS) is 11.8. The smallest absolute Gasteiger partial charge is 0.255 e. The van der Waals surface area contributed by atoms with Gasteiger partial charge in [0.05, 0.1) is 27.7 Å². The molecule has 11 heteroatoms. The van der Waals surface area contributed by atoms with Crippen LogP contribution in [0.25, 0.3) is 54.2 Å². The van der Waals surface area contributed by atoms with Crippen LogP contribution >= 0.6 is 11.3 Å². The van der Waals surface area contributed by atoms with Gasteiger partial charge in [0.2, 0.25) is 10.0 Å². The molecular weight excluding hydrogens is 592 g/mol. The molecule has 6 rings (SSSR count). The number of fused-ring (bicyclic) bond motifs is 2. The van der Waals surface area contributed by atoms with E-state index in [0.717, 1.165) is 26.3 Å². The summed E-state index contributed by atoms with van der Waals surface area (Å²) in [6, 6.07) is 19.0. The van der Waals surface area contributed by atoms with Crippen LogP contribution in [0.4, 0.5) is 14.5 Å². The highest BCUT2D eigenvalue weighted by molar-refractivity contribution is 7.92. The van der Waals surface area contributed by atoms with Crippen LogP contribution in [0.15, 0.2) is 77.2 Å². The quantitative estimate of drug-likeness (QED) is 0.211. The number of aromatic nitrogens is 1. The van der Waals surface area contributed by atoms with Crippen molar-refractivity contribution >= 4 is 54.1 Å². The van der Waals surface area contributed by atoms with Gasteiger partial charge in [-0.05, 0) is 72.6 Å². The minimum atomic E-state index is -3.74. The van der Waals surface area contributed by atoms with Gasteiger partial charge in [0.25, 0.3) is 5.91 Å². The van der Waals surface area contributed by atoms with Crippen molar-refractivity contribution in [3.63, 3.8) is 0 Å². The summed E-state index contributed by atoms with van der Waals surface area (Å²) in [5.41, 5.74) is 4.17. The average Bonchev–Trinajstić information content (AvgIpc) is 3.56. The number of anilines is 1. The van der Waals surface area contributed by atoms with E-state index in [9.17, 15) is 17.6 Å². The van der Waals surface area contributed by atoms with Crippen molar-refractivity contribution in [2.75, 3.05) is 24.7 Å². The number of halogens is 2. The molecule has 43 heavy (non-hydrogen) atoms. The van der Waals surface area contributed by atoms with E-state index in [-0.39, 0.29) is 28.2 Å². The second-order valence-electron chi connectivity index (χ2n) is 10.2. The number of hydrogen-bond acceptors (Lipinski definition) is 6. The third-order valence-electron chi connectivity index (χ3n) is 7.26. The predicted octanol–water partition coefficient (Wildman–Crippen LogP) is 7.39. The van der Waals surface area contributed by atoms with Gasteiger partial charge in [-0.2, -0.15) is 0 Å². The van der Waals surface area contributed by atoms with E-state index in [1.807, 2.05) is 25.1 Å². The van der Waals surface area contributed by atoms with Crippen molar-refractivity contribution in [3.8, 4) is 33.0 Å². The Balaban J connectivity index is 1.62. The van der Waals surface area contributed by atoms with Crippen molar-refractivity contribution in [2.24, 2.45) is 0 Å². The van der Waals surface area contributed by atoms with Gasteiger partial charge >= 0.3 is 0 Å². The lowest BCUT2D eigenvalue weighted by Crippen LogP contribution is -2.25. The first-order valence-electron chi connectivity index (χ1n) is 13.1. The fourth-order valence-electron chi connectivity index (χ4n) is 4.96. The third kappa shape index (κ3) is 5.15. The monoisotopic (exact) mass is 617 g/mol. The molecule has 0 saturated heterocycles. The molecule has 0 atom stereocenters. The summed E-state index contributed by atoms with van der Waals surface area (Å²) >= 11 is 1.36. The van der Waals surface area contributed by atoms with Crippen LogP contribution in [-0.2, 0) is 10.0 Å². The zero-order valence-electron chi connectivity index (χ0n) is 23.5. The van der Waals surface area contributed by atoms with E-state index < -0.39 is 27.6 Å². The summed E-state index contributed by atoms with van der Waals surface area (Å²) in [6.07, 6.45) is 1.07. The number of carbonyl (C=O) groups excluding carboxylic acids is 1. The number of benzene rings is 4. The Hall–Kier alpha value is -4.61. The highest BCUT2D eigenvalue weighted by atomic mass is 32.2. The molecule has 0 spiro atoms. The van der Waals surface area contributed by atoms with Crippen LogP contribution in [0.5, 0.6) is 0 Å². The highest BCUT2D eigenvalue weighted by Gasteiger charge is 2.26. The first kappa shape index (κ1) is 28.5. The Morgan fingerprint density at radius 1 is 0.953 bits per heavy atom. The molecule has 2 aromatic heterocycles. The van der Waals surface area contributed by atoms with E-state index in [1.54, 1.807) is 18.2 Å².